The Kier molecular flexibility index (Phi) is 8.11. The van der Waals surface area contributed by atoms with Crippen LogP contribution in [-0.4, -0.2) is 45.4 Å². The van der Waals surface area contributed by atoms with Crippen LogP contribution < -0.4 is 15.4 Å². The van der Waals surface area contributed by atoms with Crippen LogP contribution in [0.25, 0.3) is 17.1 Å². The maximum Gasteiger partial charge on any atom is 0.573 e. The number of hydrogen-bond donors (Lipinski definition) is 3. The Morgan fingerprint density at radius 3 is 2.20 bits per heavy atom. The van der Waals surface area contributed by atoms with Crippen LogP contribution in [0.4, 0.5) is 24.5 Å². The summed E-state index contributed by atoms with van der Waals surface area (Å²) >= 11 is 0. The van der Waals surface area contributed by atoms with Gasteiger partial charge in [-0.25, -0.2) is 9.67 Å². The SMILES string of the molecule is Cc1cc(C)cc(NC(CC(=O)Nc2ccc(-c3ncn(-c4ccc(OC(F)(F)F)cc4)n3)cc2)S(=O)(=O)O)c1. The highest BCUT2D eigenvalue weighted by atomic mass is 32.2. The molecule has 1 aromatic heterocycles. The van der Waals surface area contributed by atoms with Crippen LogP contribution >= 0.6 is 0 Å². The second kappa shape index (κ2) is 11.4. The lowest BCUT2D eigenvalue weighted by Crippen LogP contribution is -2.33. The number of halogens is 3. The first kappa shape index (κ1) is 28.6. The number of carbonyl (C=O) groups excluding carboxylic acids is 1. The van der Waals surface area contributed by atoms with E-state index in [1.54, 1.807) is 36.4 Å². The second-order valence-corrected chi connectivity index (χ2v) is 10.5. The van der Waals surface area contributed by atoms with E-state index in [-0.39, 0.29) is 5.75 Å². The highest BCUT2D eigenvalue weighted by Crippen LogP contribution is 2.24. The molecule has 3 aromatic carbocycles. The van der Waals surface area contributed by atoms with E-state index in [1.807, 2.05) is 19.9 Å². The molecule has 0 spiro atoms. The molecule has 0 bridgehead atoms. The number of alkyl halides is 3. The van der Waals surface area contributed by atoms with Crippen LogP contribution in [0.3, 0.4) is 0 Å². The lowest BCUT2D eigenvalue weighted by atomic mass is 10.1. The van der Waals surface area contributed by atoms with Crippen LogP contribution in [0.1, 0.15) is 17.5 Å². The molecule has 1 amide bonds. The maximum atomic E-state index is 12.6. The average molecular weight is 576 g/mol. The number of nitrogens with one attached hydrogen (secondary N) is 2. The van der Waals surface area contributed by atoms with E-state index in [9.17, 15) is 30.9 Å². The predicted octanol–water partition coefficient (Wildman–Crippen LogP) is 5.10. The third-order valence-corrected chi connectivity index (χ3v) is 6.54. The third kappa shape index (κ3) is 7.80. The Balaban J connectivity index is 1.40. The van der Waals surface area contributed by atoms with Gasteiger partial charge in [-0.05, 0) is 85.6 Å². The number of aromatic nitrogens is 3. The van der Waals surface area contributed by atoms with Gasteiger partial charge < -0.3 is 15.4 Å². The molecular formula is C26H24F3N5O5S. The van der Waals surface area contributed by atoms with Gasteiger partial charge in [-0.15, -0.1) is 18.3 Å². The van der Waals surface area contributed by atoms with E-state index < -0.39 is 34.2 Å². The molecule has 40 heavy (non-hydrogen) atoms. The van der Waals surface area contributed by atoms with Crippen molar-refractivity contribution >= 4 is 27.4 Å². The van der Waals surface area contributed by atoms with Crippen LogP contribution in [-0.2, 0) is 14.9 Å². The van der Waals surface area contributed by atoms with Crippen LogP contribution in [0, 0.1) is 13.8 Å². The van der Waals surface area contributed by atoms with E-state index >= 15 is 0 Å². The van der Waals surface area contributed by atoms with Crippen molar-refractivity contribution in [3.63, 3.8) is 0 Å². The number of carbonyl (C=O) groups is 1. The van der Waals surface area contributed by atoms with Gasteiger partial charge in [0.2, 0.25) is 5.91 Å². The molecule has 0 aliphatic carbocycles. The number of amides is 1. The summed E-state index contributed by atoms with van der Waals surface area (Å²) in [5.74, 6) is -0.691. The normalized spacial score (nSPS) is 12.6. The fourth-order valence-electron chi connectivity index (χ4n) is 3.88. The molecule has 0 fully saturated rings. The largest absolute Gasteiger partial charge is 0.573 e. The average Bonchev–Trinajstić information content (AvgIpc) is 3.33. The summed E-state index contributed by atoms with van der Waals surface area (Å²) in [7, 11) is -4.60. The van der Waals surface area contributed by atoms with Gasteiger partial charge >= 0.3 is 6.36 Å². The minimum atomic E-state index is -4.79. The summed E-state index contributed by atoms with van der Waals surface area (Å²) in [5.41, 5.74) is 3.63. The quantitative estimate of drug-likeness (QED) is 0.235. The fourth-order valence-corrected chi connectivity index (χ4v) is 4.53. The Morgan fingerprint density at radius 2 is 1.62 bits per heavy atom. The lowest BCUT2D eigenvalue weighted by Gasteiger charge is -2.18. The monoisotopic (exact) mass is 575 g/mol. The molecule has 3 N–H and O–H groups in total. The second-order valence-electron chi connectivity index (χ2n) is 8.91. The molecule has 10 nitrogen and oxygen atoms in total. The molecule has 1 unspecified atom stereocenters. The van der Waals surface area contributed by atoms with E-state index in [0.29, 0.717) is 28.5 Å². The Hall–Kier alpha value is -4.43. The van der Waals surface area contributed by atoms with E-state index in [4.69, 9.17) is 0 Å². The summed E-state index contributed by atoms with van der Waals surface area (Å²) in [6.07, 6.45) is -3.95. The molecule has 14 heteroatoms. The molecular weight excluding hydrogens is 551 g/mol. The number of nitrogens with zero attached hydrogens (tertiary/aromatic N) is 3. The Labute approximate surface area is 227 Å². The number of aryl methyl sites for hydroxylation is 2. The van der Waals surface area contributed by atoms with Gasteiger partial charge in [0, 0.05) is 16.9 Å². The van der Waals surface area contributed by atoms with Crippen LogP contribution in [0.15, 0.2) is 73.1 Å². The van der Waals surface area contributed by atoms with Crippen molar-refractivity contribution in [2.75, 3.05) is 10.6 Å². The molecule has 1 heterocycles. The molecule has 210 valence electrons. The zero-order chi connectivity index (χ0) is 29.1. The van der Waals surface area contributed by atoms with Crippen LogP contribution in [0.5, 0.6) is 5.75 Å². The molecule has 0 radical (unpaired) electrons. The number of benzene rings is 3. The molecule has 0 saturated carbocycles. The standard InChI is InChI=1S/C26H24F3N5O5S/c1-16-11-17(2)13-20(12-16)32-24(40(36,37)38)14-23(35)31-19-5-3-18(4-6-19)25-30-15-34(33-25)21-7-9-22(10-8-21)39-26(27,28)29/h3-13,15,24,32H,14H2,1-2H3,(H,31,35)(H,36,37,38). The minimum Gasteiger partial charge on any atom is -0.406 e. The maximum absolute atomic E-state index is 12.6. The lowest BCUT2D eigenvalue weighted by molar-refractivity contribution is -0.274. The first-order chi connectivity index (χ1) is 18.7. The minimum absolute atomic E-state index is 0.317. The van der Waals surface area contributed by atoms with Gasteiger partial charge in [0.25, 0.3) is 10.1 Å². The molecule has 4 rings (SSSR count). The van der Waals surface area contributed by atoms with Gasteiger partial charge in [-0.3, -0.25) is 9.35 Å². The molecule has 0 aliphatic rings. The van der Waals surface area contributed by atoms with Crippen molar-refractivity contribution in [2.24, 2.45) is 0 Å². The van der Waals surface area contributed by atoms with Crippen molar-refractivity contribution in [1.29, 1.82) is 0 Å². The number of rotatable bonds is 9. The highest BCUT2D eigenvalue weighted by molar-refractivity contribution is 7.86. The Morgan fingerprint density at radius 1 is 1.00 bits per heavy atom. The van der Waals surface area contributed by atoms with Crippen molar-refractivity contribution in [3.05, 3.63) is 84.2 Å². The molecule has 0 aliphatic heterocycles. The van der Waals surface area contributed by atoms with E-state index in [0.717, 1.165) is 23.3 Å². The zero-order valence-electron chi connectivity index (χ0n) is 21.2. The summed E-state index contributed by atoms with van der Waals surface area (Å²) in [6.45, 7) is 3.68. The fraction of sp³-hybridized carbons (Fsp3) is 0.192. The highest BCUT2D eigenvalue weighted by Gasteiger charge is 2.31. The van der Waals surface area contributed by atoms with Crippen LogP contribution in [0.2, 0.25) is 0 Å². The summed E-state index contributed by atoms with van der Waals surface area (Å²) in [6, 6.07) is 16.8. The predicted molar refractivity (Wildman–Crippen MR) is 142 cm³/mol. The van der Waals surface area contributed by atoms with E-state index in [2.05, 4.69) is 25.5 Å². The van der Waals surface area contributed by atoms with Gasteiger partial charge in [0.05, 0.1) is 12.1 Å². The zero-order valence-corrected chi connectivity index (χ0v) is 22.0. The number of anilines is 2. The van der Waals surface area contributed by atoms with Gasteiger partial charge in [0.1, 0.15) is 12.1 Å². The topological polar surface area (TPSA) is 135 Å². The van der Waals surface area contributed by atoms with Crippen molar-refractivity contribution in [2.45, 2.75) is 32.0 Å². The smallest absolute Gasteiger partial charge is 0.406 e. The summed E-state index contributed by atoms with van der Waals surface area (Å²) in [5, 5.41) is 8.05. The first-order valence-electron chi connectivity index (χ1n) is 11.7. The van der Waals surface area contributed by atoms with E-state index in [1.165, 1.54) is 23.1 Å². The molecule has 1 atom stereocenters. The molecule has 0 saturated heterocycles. The summed E-state index contributed by atoms with van der Waals surface area (Å²) in [4.78, 5) is 16.8. The third-order valence-electron chi connectivity index (χ3n) is 5.53. The molecule has 4 aromatic rings. The first-order valence-corrected chi connectivity index (χ1v) is 13.2. The number of hydrogen-bond acceptors (Lipinski definition) is 7. The van der Waals surface area contributed by atoms with Gasteiger partial charge in [0.15, 0.2) is 11.2 Å². The van der Waals surface area contributed by atoms with Gasteiger partial charge in [-0.2, -0.15) is 8.42 Å². The van der Waals surface area contributed by atoms with Crippen molar-refractivity contribution < 1.29 is 35.7 Å². The summed E-state index contributed by atoms with van der Waals surface area (Å²) < 4.78 is 75.8. The van der Waals surface area contributed by atoms with Crippen molar-refractivity contribution in [1.82, 2.24) is 14.8 Å². The Bertz CT molecular complexity index is 1580. The van der Waals surface area contributed by atoms with Gasteiger partial charge in [-0.1, -0.05) is 6.07 Å². The van der Waals surface area contributed by atoms with Crippen molar-refractivity contribution in [3.8, 4) is 22.8 Å². The number of ether oxygens (including phenoxy) is 1.